The largest absolute Gasteiger partial charge is 0.439 e. The molecule has 0 bridgehead atoms. The Morgan fingerprint density at radius 2 is 2.29 bits per heavy atom. The van der Waals surface area contributed by atoms with Crippen molar-refractivity contribution in [1.29, 1.82) is 0 Å². The summed E-state index contributed by atoms with van der Waals surface area (Å²) >= 11 is 0. The highest BCUT2D eigenvalue weighted by atomic mass is 16.6. The van der Waals surface area contributed by atoms with E-state index in [2.05, 4.69) is 10.1 Å². The van der Waals surface area contributed by atoms with Gasteiger partial charge in [-0.15, -0.1) is 0 Å². The normalized spacial score (nSPS) is 24.0. The van der Waals surface area contributed by atoms with E-state index in [0.717, 1.165) is 11.3 Å². The molecule has 0 aliphatic carbocycles. The maximum absolute atomic E-state index is 11.6. The van der Waals surface area contributed by atoms with Crippen LogP contribution in [0.25, 0.3) is 0 Å². The van der Waals surface area contributed by atoms with Crippen molar-refractivity contribution in [2.24, 2.45) is 5.92 Å². The number of hydrogen-bond donors (Lipinski definition) is 1. The number of cyclic esters (lactones) is 1. The second-order valence-corrected chi connectivity index (χ2v) is 3.95. The molecular formula is C10H14N2O5. The first-order valence-electron chi connectivity index (χ1n) is 5.51. The third-order valence-corrected chi connectivity index (χ3v) is 2.78. The van der Waals surface area contributed by atoms with Crippen molar-refractivity contribution in [3.05, 3.63) is 0 Å². The van der Waals surface area contributed by atoms with Crippen LogP contribution < -0.4 is 5.32 Å². The lowest BCUT2D eigenvalue weighted by atomic mass is 10.1. The van der Waals surface area contributed by atoms with Crippen molar-refractivity contribution in [2.75, 3.05) is 32.9 Å². The monoisotopic (exact) mass is 242 g/mol. The minimum Gasteiger partial charge on any atom is -0.439 e. The molecule has 2 saturated heterocycles. The Hall–Kier alpha value is -1.63. The van der Waals surface area contributed by atoms with Crippen LogP contribution in [-0.4, -0.2) is 55.7 Å². The molecule has 0 aromatic heterocycles. The minimum absolute atomic E-state index is 0.0949. The Morgan fingerprint density at radius 3 is 2.88 bits per heavy atom. The fourth-order valence-electron chi connectivity index (χ4n) is 1.77. The van der Waals surface area contributed by atoms with Crippen LogP contribution >= 0.6 is 0 Å². The van der Waals surface area contributed by atoms with Gasteiger partial charge in [-0.3, -0.25) is 9.59 Å². The number of nitrogens with one attached hydrogen (secondary N) is 1. The van der Waals surface area contributed by atoms with Gasteiger partial charge < -0.3 is 14.8 Å². The van der Waals surface area contributed by atoms with E-state index in [1.807, 2.05) is 0 Å². The summed E-state index contributed by atoms with van der Waals surface area (Å²) in [5.41, 5.74) is 0. The molecule has 1 N–H and O–H groups in total. The van der Waals surface area contributed by atoms with E-state index < -0.39 is 6.09 Å². The van der Waals surface area contributed by atoms with E-state index in [-0.39, 0.29) is 37.4 Å². The van der Waals surface area contributed by atoms with Gasteiger partial charge >= 0.3 is 6.09 Å². The maximum atomic E-state index is 11.6. The molecule has 2 heterocycles. The zero-order valence-corrected chi connectivity index (χ0v) is 9.31. The van der Waals surface area contributed by atoms with Gasteiger partial charge in [-0.2, -0.15) is 0 Å². The average Bonchev–Trinajstić information content (AvgIpc) is 2.93. The first-order valence-corrected chi connectivity index (χ1v) is 5.51. The first-order chi connectivity index (χ1) is 8.18. The van der Waals surface area contributed by atoms with Crippen molar-refractivity contribution < 1.29 is 23.9 Å². The number of imide groups is 1. The van der Waals surface area contributed by atoms with Gasteiger partial charge in [0, 0.05) is 19.7 Å². The molecule has 0 aromatic carbocycles. The Labute approximate surface area is 98.0 Å². The van der Waals surface area contributed by atoms with Gasteiger partial charge in [0.05, 0.1) is 12.5 Å². The predicted octanol–water partition coefficient (Wildman–Crippen LogP) is -0.882. The highest BCUT2D eigenvalue weighted by molar-refractivity contribution is 5.97. The first kappa shape index (κ1) is 11.8. The molecule has 7 heteroatoms. The van der Waals surface area contributed by atoms with E-state index in [0.29, 0.717) is 13.2 Å². The van der Waals surface area contributed by atoms with Crippen molar-refractivity contribution >= 4 is 17.9 Å². The summed E-state index contributed by atoms with van der Waals surface area (Å²) in [5, 5.41) is 2.67. The molecule has 0 radical (unpaired) electrons. The molecule has 1 atom stereocenters. The van der Waals surface area contributed by atoms with Crippen molar-refractivity contribution in [3.63, 3.8) is 0 Å². The number of ether oxygens (including phenoxy) is 2. The molecule has 17 heavy (non-hydrogen) atoms. The zero-order chi connectivity index (χ0) is 12.3. The number of amides is 3. The molecule has 0 saturated carbocycles. The molecule has 3 amide bonds. The van der Waals surface area contributed by atoms with Crippen molar-refractivity contribution in [2.45, 2.75) is 6.42 Å². The van der Waals surface area contributed by atoms with Gasteiger partial charge in [0.25, 0.3) is 5.91 Å². The van der Waals surface area contributed by atoms with Crippen LogP contribution in [0.4, 0.5) is 4.79 Å². The molecule has 2 aliphatic rings. The third-order valence-electron chi connectivity index (χ3n) is 2.78. The summed E-state index contributed by atoms with van der Waals surface area (Å²) in [7, 11) is 0. The van der Waals surface area contributed by atoms with E-state index in [1.54, 1.807) is 0 Å². The Balaban J connectivity index is 1.70. The predicted molar refractivity (Wildman–Crippen MR) is 55.0 cm³/mol. The SMILES string of the molecule is O=C(NCCN1C(=O)COC1=O)[C@H]1CCOC1. The maximum Gasteiger partial charge on any atom is 0.417 e. The summed E-state index contributed by atoms with van der Waals surface area (Å²) in [6.07, 6.45) is 0.0738. The Morgan fingerprint density at radius 1 is 1.47 bits per heavy atom. The fraction of sp³-hybridized carbons (Fsp3) is 0.700. The van der Waals surface area contributed by atoms with Crippen molar-refractivity contribution in [1.82, 2.24) is 10.2 Å². The molecule has 7 nitrogen and oxygen atoms in total. The lowest BCUT2D eigenvalue weighted by Crippen LogP contribution is -2.39. The smallest absolute Gasteiger partial charge is 0.417 e. The van der Waals surface area contributed by atoms with Gasteiger partial charge in [0.1, 0.15) is 0 Å². The van der Waals surface area contributed by atoms with E-state index in [1.165, 1.54) is 0 Å². The van der Waals surface area contributed by atoms with Crippen LogP contribution in [0, 0.1) is 5.92 Å². The molecule has 2 rings (SSSR count). The van der Waals surface area contributed by atoms with Crippen LogP contribution in [0.3, 0.4) is 0 Å². The molecule has 2 aliphatic heterocycles. The summed E-state index contributed by atoms with van der Waals surface area (Å²) in [6.45, 7) is 1.24. The highest BCUT2D eigenvalue weighted by Gasteiger charge is 2.30. The van der Waals surface area contributed by atoms with E-state index in [9.17, 15) is 14.4 Å². The second-order valence-electron chi connectivity index (χ2n) is 3.95. The summed E-state index contributed by atoms with van der Waals surface area (Å²) in [4.78, 5) is 34.8. The van der Waals surface area contributed by atoms with Gasteiger partial charge in [-0.25, -0.2) is 9.69 Å². The fourth-order valence-corrected chi connectivity index (χ4v) is 1.77. The second kappa shape index (κ2) is 5.13. The lowest BCUT2D eigenvalue weighted by molar-refractivity contribution is -0.127. The Kier molecular flexibility index (Phi) is 3.58. The molecule has 94 valence electrons. The van der Waals surface area contributed by atoms with Gasteiger partial charge in [-0.05, 0) is 6.42 Å². The average molecular weight is 242 g/mol. The minimum atomic E-state index is -0.645. The van der Waals surface area contributed by atoms with Crippen LogP contribution in [0.2, 0.25) is 0 Å². The number of rotatable bonds is 4. The summed E-state index contributed by atoms with van der Waals surface area (Å²) in [6, 6.07) is 0. The van der Waals surface area contributed by atoms with Crippen LogP contribution in [0.5, 0.6) is 0 Å². The molecule has 2 fully saturated rings. The molecule has 0 spiro atoms. The summed E-state index contributed by atoms with van der Waals surface area (Å²) < 4.78 is 9.63. The van der Waals surface area contributed by atoms with E-state index >= 15 is 0 Å². The number of carbonyl (C=O) groups excluding carboxylic acids is 3. The van der Waals surface area contributed by atoms with E-state index in [4.69, 9.17) is 4.74 Å². The molecule has 0 aromatic rings. The lowest BCUT2D eigenvalue weighted by Gasteiger charge is -2.13. The van der Waals surface area contributed by atoms with Crippen molar-refractivity contribution in [3.8, 4) is 0 Å². The number of nitrogens with zero attached hydrogens (tertiary/aromatic N) is 1. The van der Waals surface area contributed by atoms with Crippen LogP contribution in [0.15, 0.2) is 0 Å². The quantitative estimate of drug-likeness (QED) is 0.691. The van der Waals surface area contributed by atoms with Gasteiger partial charge in [0.15, 0.2) is 6.61 Å². The van der Waals surface area contributed by atoms with Gasteiger partial charge in [-0.1, -0.05) is 0 Å². The third kappa shape index (κ3) is 2.73. The Bertz CT molecular complexity index is 322. The standard InChI is InChI=1S/C10H14N2O5/c13-8-6-17-10(15)12(8)3-2-11-9(14)7-1-4-16-5-7/h7H,1-6H2,(H,11,14)/t7-/m0/s1. The summed E-state index contributed by atoms with van der Waals surface area (Å²) in [5.74, 6) is -0.577. The van der Waals surface area contributed by atoms with Crippen LogP contribution in [-0.2, 0) is 19.1 Å². The highest BCUT2D eigenvalue weighted by Crippen LogP contribution is 2.11. The van der Waals surface area contributed by atoms with Gasteiger partial charge in [0.2, 0.25) is 5.91 Å². The zero-order valence-electron chi connectivity index (χ0n) is 9.31. The number of carbonyl (C=O) groups is 3. The number of hydrogen-bond acceptors (Lipinski definition) is 5. The van der Waals surface area contributed by atoms with Crippen LogP contribution in [0.1, 0.15) is 6.42 Å². The topological polar surface area (TPSA) is 84.9 Å². The molecular weight excluding hydrogens is 228 g/mol. The molecule has 0 unspecified atom stereocenters.